The smallest absolute Gasteiger partial charge is 0.418 e. The number of rotatable bonds is 4. The van der Waals surface area contributed by atoms with Crippen molar-refractivity contribution in [3.8, 4) is 11.1 Å². The van der Waals surface area contributed by atoms with Crippen LogP contribution in [0.15, 0.2) is 48.5 Å². The largest absolute Gasteiger partial charge is 0.433 e. The highest BCUT2D eigenvalue weighted by Gasteiger charge is 2.46. The fourth-order valence-electron chi connectivity index (χ4n) is 3.41. The zero-order chi connectivity index (χ0) is 21.6. The summed E-state index contributed by atoms with van der Waals surface area (Å²) in [6.07, 6.45) is -0.712. The van der Waals surface area contributed by atoms with Crippen LogP contribution in [0.3, 0.4) is 0 Å². The number of hydrogen-bond acceptors (Lipinski definition) is 5. The average Bonchev–Trinajstić information content (AvgIpc) is 2.89. The van der Waals surface area contributed by atoms with Crippen molar-refractivity contribution < 1.29 is 23.5 Å². The van der Waals surface area contributed by atoms with Gasteiger partial charge >= 0.3 is 6.09 Å². The molecule has 1 aromatic heterocycles. The molecule has 2 heterocycles. The van der Waals surface area contributed by atoms with E-state index in [1.165, 1.54) is 26.0 Å². The maximum absolute atomic E-state index is 13.3. The van der Waals surface area contributed by atoms with E-state index in [2.05, 4.69) is 4.98 Å². The normalized spacial score (nSPS) is 15.5. The fraction of sp³-hybridized carbons (Fsp3) is 0.182. The van der Waals surface area contributed by atoms with E-state index in [4.69, 9.17) is 10.5 Å². The minimum atomic E-state index is -1.21. The number of ether oxygens (including phenoxy) is 1. The molecule has 3 amide bonds. The molecular formula is C22H18FN3O4. The summed E-state index contributed by atoms with van der Waals surface area (Å²) < 4.78 is 18.4. The maximum atomic E-state index is 13.3. The third-order valence-electron chi connectivity index (χ3n) is 4.95. The minimum Gasteiger partial charge on any atom is -0.433 e. The highest BCUT2D eigenvalue weighted by molar-refractivity contribution is 6.03. The van der Waals surface area contributed by atoms with Crippen molar-refractivity contribution in [1.29, 1.82) is 0 Å². The van der Waals surface area contributed by atoms with Gasteiger partial charge in [-0.3, -0.25) is 9.59 Å². The molecule has 3 aromatic rings. The number of aromatic nitrogens is 1. The van der Waals surface area contributed by atoms with E-state index in [-0.39, 0.29) is 18.1 Å². The Kier molecular flexibility index (Phi) is 4.49. The monoisotopic (exact) mass is 407 g/mol. The quantitative estimate of drug-likeness (QED) is 0.714. The lowest BCUT2D eigenvalue weighted by atomic mass is 9.98. The van der Waals surface area contributed by atoms with E-state index in [1.807, 2.05) is 0 Å². The van der Waals surface area contributed by atoms with Gasteiger partial charge in [0.1, 0.15) is 11.5 Å². The molecule has 1 saturated heterocycles. The Morgan fingerprint density at radius 2 is 1.83 bits per heavy atom. The standard InChI is InChI=1S/C22H18FN3O4/c1-22(2)20(28)26(21(29)30-22)11-12-3-8-15-16(13-4-6-14(23)7-5-13)10-18(19(24)27)25-17(15)9-12/h3-10H,11H2,1-2H3,(H2,24,27). The second kappa shape index (κ2) is 6.91. The summed E-state index contributed by atoms with van der Waals surface area (Å²) >= 11 is 0. The van der Waals surface area contributed by atoms with Crippen molar-refractivity contribution in [2.45, 2.75) is 26.0 Å². The van der Waals surface area contributed by atoms with E-state index in [0.717, 1.165) is 4.90 Å². The lowest BCUT2D eigenvalue weighted by Crippen LogP contribution is -2.35. The highest BCUT2D eigenvalue weighted by Crippen LogP contribution is 2.31. The number of pyridine rings is 1. The molecule has 30 heavy (non-hydrogen) atoms. The minimum absolute atomic E-state index is 0.00535. The Hall–Kier alpha value is -3.81. The molecule has 0 radical (unpaired) electrons. The Balaban J connectivity index is 1.79. The molecule has 0 saturated carbocycles. The van der Waals surface area contributed by atoms with Crippen LogP contribution in [0.5, 0.6) is 0 Å². The van der Waals surface area contributed by atoms with Crippen LogP contribution < -0.4 is 5.73 Å². The summed E-state index contributed by atoms with van der Waals surface area (Å²) in [4.78, 5) is 41.6. The Morgan fingerprint density at radius 3 is 2.43 bits per heavy atom. The van der Waals surface area contributed by atoms with E-state index < -0.39 is 23.5 Å². The SMILES string of the molecule is CC1(C)OC(=O)N(Cc2ccc3c(-c4ccc(F)cc4)cc(C(N)=O)nc3c2)C1=O. The molecular weight excluding hydrogens is 389 g/mol. The van der Waals surface area contributed by atoms with E-state index in [1.54, 1.807) is 36.4 Å². The number of benzene rings is 2. The van der Waals surface area contributed by atoms with Gasteiger partial charge in [0.25, 0.3) is 11.8 Å². The third kappa shape index (κ3) is 3.36. The molecule has 0 unspecified atom stereocenters. The number of imide groups is 1. The fourth-order valence-corrected chi connectivity index (χ4v) is 3.41. The number of nitrogens with zero attached hydrogens (tertiary/aromatic N) is 2. The number of fused-ring (bicyclic) bond motifs is 1. The Labute approximate surface area is 171 Å². The number of hydrogen-bond donors (Lipinski definition) is 1. The molecule has 152 valence electrons. The second-order valence-corrected chi connectivity index (χ2v) is 7.55. The van der Waals surface area contributed by atoms with Gasteiger partial charge in [-0.05, 0) is 54.8 Å². The van der Waals surface area contributed by atoms with Crippen molar-refractivity contribution in [1.82, 2.24) is 9.88 Å². The van der Waals surface area contributed by atoms with Gasteiger partial charge in [-0.2, -0.15) is 0 Å². The predicted octanol–water partition coefficient (Wildman–Crippen LogP) is 3.40. The molecule has 1 aliphatic rings. The lowest BCUT2D eigenvalue weighted by Gasteiger charge is -2.15. The topological polar surface area (TPSA) is 103 Å². The highest BCUT2D eigenvalue weighted by atomic mass is 19.1. The van der Waals surface area contributed by atoms with Crippen molar-refractivity contribution in [2.75, 3.05) is 0 Å². The molecule has 0 spiro atoms. The number of carbonyl (C=O) groups is 3. The van der Waals surface area contributed by atoms with Crippen molar-refractivity contribution >= 4 is 28.8 Å². The van der Waals surface area contributed by atoms with Gasteiger partial charge < -0.3 is 10.5 Å². The van der Waals surface area contributed by atoms with E-state index >= 15 is 0 Å². The van der Waals surface area contributed by atoms with E-state index in [9.17, 15) is 18.8 Å². The molecule has 4 rings (SSSR count). The van der Waals surface area contributed by atoms with Crippen molar-refractivity contribution in [3.05, 3.63) is 65.6 Å². The molecule has 8 heteroatoms. The van der Waals surface area contributed by atoms with E-state index in [0.29, 0.717) is 27.6 Å². The Morgan fingerprint density at radius 1 is 1.13 bits per heavy atom. The average molecular weight is 407 g/mol. The predicted molar refractivity (Wildman–Crippen MR) is 107 cm³/mol. The number of primary amides is 1. The summed E-state index contributed by atoms with van der Waals surface area (Å²) in [5.74, 6) is -1.51. The van der Waals surface area contributed by atoms with Crippen LogP contribution in [0.1, 0.15) is 29.9 Å². The summed E-state index contributed by atoms with van der Waals surface area (Å²) in [6, 6.07) is 12.6. The first-order chi connectivity index (χ1) is 14.2. The summed E-state index contributed by atoms with van der Waals surface area (Å²) in [5.41, 5.74) is 6.73. The molecule has 7 nitrogen and oxygen atoms in total. The van der Waals surface area contributed by atoms with Crippen LogP contribution in [-0.2, 0) is 16.1 Å². The van der Waals surface area contributed by atoms with Gasteiger partial charge in [0.15, 0.2) is 5.60 Å². The molecule has 0 atom stereocenters. The summed E-state index contributed by atoms with van der Waals surface area (Å²) in [7, 11) is 0. The number of nitrogens with two attached hydrogens (primary N) is 1. The zero-order valence-corrected chi connectivity index (χ0v) is 16.3. The number of amides is 3. The molecule has 0 aliphatic carbocycles. The number of halogens is 1. The summed E-state index contributed by atoms with van der Waals surface area (Å²) in [6.45, 7) is 3.07. The molecule has 0 bridgehead atoms. The van der Waals surface area contributed by atoms with Crippen LogP contribution in [-0.4, -0.2) is 33.4 Å². The van der Waals surface area contributed by atoms with Crippen molar-refractivity contribution in [3.63, 3.8) is 0 Å². The molecule has 2 N–H and O–H groups in total. The van der Waals surface area contributed by atoms with Gasteiger partial charge in [-0.1, -0.05) is 24.3 Å². The molecule has 2 aromatic carbocycles. The summed E-state index contributed by atoms with van der Waals surface area (Å²) in [5, 5.41) is 0.714. The molecule has 1 fully saturated rings. The first-order valence-electron chi connectivity index (χ1n) is 9.20. The second-order valence-electron chi connectivity index (χ2n) is 7.55. The van der Waals surface area contributed by atoms with Gasteiger partial charge in [0.05, 0.1) is 12.1 Å². The lowest BCUT2D eigenvalue weighted by molar-refractivity contribution is -0.134. The van der Waals surface area contributed by atoms with Crippen molar-refractivity contribution in [2.24, 2.45) is 5.73 Å². The molecule has 1 aliphatic heterocycles. The zero-order valence-electron chi connectivity index (χ0n) is 16.3. The maximum Gasteiger partial charge on any atom is 0.418 e. The van der Waals surface area contributed by atoms with Crippen LogP contribution in [0.25, 0.3) is 22.0 Å². The number of carbonyl (C=O) groups excluding carboxylic acids is 3. The van der Waals surface area contributed by atoms with Crippen LogP contribution in [0.2, 0.25) is 0 Å². The van der Waals surface area contributed by atoms with Gasteiger partial charge in [0.2, 0.25) is 0 Å². The van der Waals surface area contributed by atoms with Crippen LogP contribution in [0.4, 0.5) is 9.18 Å². The van der Waals surface area contributed by atoms with Gasteiger partial charge in [-0.15, -0.1) is 0 Å². The Bertz CT molecular complexity index is 1200. The van der Waals surface area contributed by atoms with Gasteiger partial charge in [-0.25, -0.2) is 19.1 Å². The third-order valence-corrected chi connectivity index (χ3v) is 4.95. The van der Waals surface area contributed by atoms with Crippen LogP contribution >= 0.6 is 0 Å². The van der Waals surface area contributed by atoms with Gasteiger partial charge in [0, 0.05) is 5.39 Å². The van der Waals surface area contributed by atoms with Crippen LogP contribution in [0, 0.1) is 5.82 Å². The number of cyclic esters (lactones) is 1. The first kappa shape index (κ1) is 19.5. The first-order valence-corrected chi connectivity index (χ1v) is 9.20.